The first kappa shape index (κ1) is 16.3. The third kappa shape index (κ3) is 3.78. The van der Waals surface area contributed by atoms with Crippen LogP contribution in [-0.2, 0) is 4.79 Å². The maximum Gasteiger partial charge on any atom is 0.240 e. The van der Waals surface area contributed by atoms with Gasteiger partial charge in [0, 0.05) is 6.04 Å². The molecule has 2 rings (SSSR count). The van der Waals surface area contributed by atoms with E-state index in [1.807, 2.05) is 0 Å². The van der Waals surface area contributed by atoms with Gasteiger partial charge in [-0.25, -0.2) is 0 Å². The first-order valence-electron chi connectivity index (χ1n) is 8.81. The topological polar surface area (TPSA) is 52.9 Å². The van der Waals surface area contributed by atoms with E-state index in [-0.39, 0.29) is 11.9 Å². The van der Waals surface area contributed by atoms with Crippen molar-refractivity contribution < 1.29 is 4.79 Å². The molecule has 2 fully saturated rings. The second-order valence-corrected chi connectivity index (χ2v) is 7.38. The van der Waals surface area contributed by atoms with Gasteiger partial charge in [-0.1, -0.05) is 52.4 Å². The molecule has 2 saturated carbocycles. The van der Waals surface area contributed by atoms with Gasteiger partial charge in [-0.3, -0.25) is 4.79 Å². The summed E-state index contributed by atoms with van der Waals surface area (Å²) in [6.45, 7) is 4.50. The van der Waals surface area contributed by atoms with Crippen LogP contribution in [0.15, 0.2) is 0 Å². The van der Waals surface area contributed by atoms with E-state index in [0.717, 1.165) is 44.9 Å². The molecular weight excluding hydrogens is 260 g/mol. The van der Waals surface area contributed by atoms with Crippen LogP contribution in [0, 0.1) is 28.6 Å². The predicted molar refractivity (Wildman–Crippen MR) is 84.5 cm³/mol. The number of hydrogen-bond acceptors (Lipinski definition) is 2. The molecule has 21 heavy (non-hydrogen) atoms. The Hall–Kier alpha value is -1.04. The van der Waals surface area contributed by atoms with Gasteiger partial charge in [0.25, 0.3) is 0 Å². The number of rotatable bonds is 3. The molecule has 0 spiro atoms. The fourth-order valence-corrected chi connectivity index (χ4v) is 4.16. The molecule has 2 unspecified atom stereocenters. The zero-order valence-electron chi connectivity index (χ0n) is 13.7. The molecule has 118 valence electrons. The maximum atomic E-state index is 12.8. The number of hydrogen-bond donors (Lipinski definition) is 1. The van der Waals surface area contributed by atoms with E-state index in [1.54, 1.807) is 0 Å². The van der Waals surface area contributed by atoms with E-state index in [9.17, 15) is 10.1 Å². The summed E-state index contributed by atoms with van der Waals surface area (Å²) >= 11 is 0. The fourth-order valence-electron chi connectivity index (χ4n) is 4.16. The third-order valence-corrected chi connectivity index (χ3v) is 5.60. The van der Waals surface area contributed by atoms with Crippen LogP contribution in [0.4, 0.5) is 0 Å². The van der Waals surface area contributed by atoms with Crippen molar-refractivity contribution in [1.82, 2.24) is 5.32 Å². The molecular formula is C18H30N2O. The molecule has 2 aliphatic carbocycles. The quantitative estimate of drug-likeness (QED) is 0.793. The second-order valence-electron chi connectivity index (χ2n) is 7.38. The second kappa shape index (κ2) is 7.29. The number of nitrogens with zero attached hydrogens (tertiary/aromatic N) is 1. The normalized spacial score (nSPS) is 29.4. The van der Waals surface area contributed by atoms with E-state index in [0.29, 0.717) is 11.8 Å². The molecule has 0 aromatic carbocycles. The minimum absolute atomic E-state index is 0.0180. The lowest BCUT2D eigenvalue weighted by atomic mass is 9.76. The SMILES string of the molecule is CC(C)C1CCCCC1NC(=O)C1(C#N)CCCCCC1. The van der Waals surface area contributed by atoms with Gasteiger partial charge in [0.05, 0.1) is 6.07 Å². The Kier molecular flexibility index (Phi) is 5.67. The van der Waals surface area contributed by atoms with Gasteiger partial charge in [-0.05, 0) is 37.5 Å². The minimum Gasteiger partial charge on any atom is -0.352 e. The predicted octanol–water partition coefficient (Wildman–Crippen LogP) is 4.18. The Labute approximate surface area is 129 Å². The summed E-state index contributed by atoms with van der Waals surface area (Å²) in [5.74, 6) is 1.19. The molecule has 3 heteroatoms. The smallest absolute Gasteiger partial charge is 0.240 e. The van der Waals surface area contributed by atoms with Crippen molar-refractivity contribution in [2.75, 3.05) is 0 Å². The van der Waals surface area contributed by atoms with Gasteiger partial charge in [-0.15, -0.1) is 0 Å². The standard InChI is InChI=1S/C18H30N2O/c1-14(2)15-9-5-6-10-16(15)20-17(21)18(13-19)11-7-3-4-8-12-18/h14-16H,3-12H2,1-2H3,(H,20,21). The lowest BCUT2D eigenvalue weighted by Gasteiger charge is -2.37. The monoisotopic (exact) mass is 290 g/mol. The molecule has 0 heterocycles. The van der Waals surface area contributed by atoms with Crippen molar-refractivity contribution in [2.24, 2.45) is 17.3 Å². The van der Waals surface area contributed by atoms with Gasteiger partial charge >= 0.3 is 0 Å². The van der Waals surface area contributed by atoms with Crippen LogP contribution in [-0.4, -0.2) is 11.9 Å². The minimum atomic E-state index is -0.754. The average molecular weight is 290 g/mol. The fraction of sp³-hybridized carbons (Fsp3) is 0.889. The number of amides is 1. The van der Waals surface area contributed by atoms with Crippen molar-refractivity contribution in [1.29, 1.82) is 5.26 Å². The molecule has 0 radical (unpaired) electrons. The molecule has 2 atom stereocenters. The molecule has 2 aliphatic rings. The summed E-state index contributed by atoms with van der Waals surface area (Å²) in [6, 6.07) is 2.66. The summed E-state index contributed by atoms with van der Waals surface area (Å²) in [6.07, 6.45) is 10.6. The van der Waals surface area contributed by atoms with E-state index < -0.39 is 5.41 Å². The van der Waals surface area contributed by atoms with Gasteiger partial charge in [0.2, 0.25) is 5.91 Å². The maximum absolute atomic E-state index is 12.8. The van der Waals surface area contributed by atoms with Crippen LogP contribution in [0.1, 0.15) is 78.1 Å². The highest BCUT2D eigenvalue weighted by atomic mass is 16.2. The van der Waals surface area contributed by atoms with E-state index in [2.05, 4.69) is 25.2 Å². The summed E-state index contributed by atoms with van der Waals surface area (Å²) in [4.78, 5) is 12.8. The van der Waals surface area contributed by atoms with Crippen LogP contribution >= 0.6 is 0 Å². The molecule has 0 aliphatic heterocycles. The number of carbonyl (C=O) groups excluding carboxylic acids is 1. The van der Waals surface area contributed by atoms with Gasteiger partial charge in [-0.2, -0.15) is 5.26 Å². The van der Waals surface area contributed by atoms with Crippen molar-refractivity contribution >= 4 is 5.91 Å². The number of carbonyl (C=O) groups is 1. The van der Waals surface area contributed by atoms with Gasteiger partial charge < -0.3 is 5.32 Å². The van der Waals surface area contributed by atoms with Crippen LogP contribution in [0.5, 0.6) is 0 Å². The summed E-state index contributed by atoms with van der Waals surface area (Å²) in [7, 11) is 0. The van der Waals surface area contributed by atoms with Crippen molar-refractivity contribution in [2.45, 2.75) is 84.1 Å². The zero-order chi connectivity index (χ0) is 15.3. The van der Waals surface area contributed by atoms with Crippen molar-refractivity contribution in [3.8, 4) is 6.07 Å². The van der Waals surface area contributed by atoms with Crippen LogP contribution in [0.3, 0.4) is 0 Å². The summed E-state index contributed by atoms with van der Waals surface area (Å²) in [5, 5.41) is 12.9. The molecule has 0 saturated heterocycles. The van der Waals surface area contributed by atoms with Gasteiger partial charge in [0.1, 0.15) is 5.41 Å². The molecule has 0 bridgehead atoms. The average Bonchev–Trinajstić information content (AvgIpc) is 2.74. The van der Waals surface area contributed by atoms with Gasteiger partial charge in [0.15, 0.2) is 0 Å². The van der Waals surface area contributed by atoms with E-state index >= 15 is 0 Å². The highest BCUT2D eigenvalue weighted by Crippen LogP contribution is 2.36. The lowest BCUT2D eigenvalue weighted by molar-refractivity contribution is -0.130. The summed E-state index contributed by atoms with van der Waals surface area (Å²) in [5.41, 5.74) is -0.754. The first-order valence-corrected chi connectivity index (χ1v) is 8.81. The number of nitriles is 1. The van der Waals surface area contributed by atoms with Crippen LogP contribution in [0.25, 0.3) is 0 Å². The molecule has 3 nitrogen and oxygen atoms in total. The molecule has 1 amide bonds. The van der Waals surface area contributed by atoms with E-state index in [4.69, 9.17) is 0 Å². The van der Waals surface area contributed by atoms with Crippen LogP contribution < -0.4 is 5.32 Å². The Morgan fingerprint density at radius 1 is 1.10 bits per heavy atom. The van der Waals surface area contributed by atoms with E-state index in [1.165, 1.54) is 19.3 Å². The van der Waals surface area contributed by atoms with Crippen molar-refractivity contribution in [3.05, 3.63) is 0 Å². The number of nitrogens with one attached hydrogen (secondary N) is 1. The van der Waals surface area contributed by atoms with Crippen LogP contribution in [0.2, 0.25) is 0 Å². The molecule has 1 N–H and O–H groups in total. The molecule has 0 aromatic heterocycles. The summed E-state index contributed by atoms with van der Waals surface area (Å²) < 4.78 is 0. The zero-order valence-corrected chi connectivity index (χ0v) is 13.7. The lowest BCUT2D eigenvalue weighted by Crippen LogP contribution is -2.49. The highest BCUT2D eigenvalue weighted by molar-refractivity contribution is 5.85. The van der Waals surface area contributed by atoms with Crippen molar-refractivity contribution in [3.63, 3.8) is 0 Å². The Balaban J connectivity index is 2.05. The highest BCUT2D eigenvalue weighted by Gasteiger charge is 2.41. The largest absolute Gasteiger partial charge is 0.352 e. The molecule has 0 aromatic rings. The Morgan fingerprint density at radius 2 is 1.71 bits per heavy atom. The Bertz CT molecular complexity index is 389. The Morgan fingerprint density at radius 3 is 2.29 bits per heavy atom. The first-order chi connectivity index (χ1) is 10.1. The third-order valence-electron chi connectivity index (χ3n) is 5.60.